The minimum Gasteiger partial charge on any atom is -0.261 e. The van der Waals surface area contributed by atoms with E-state index >= 15 is 0 Å². The van der Waals surface area contributed by atoms with Gasteiger partial charge in [-0.1, -0.05) is 35.9 Å². The van der Waals surface area contributed by atoms with Gasteiger partial charge >= 0.3 is 0 Å². The first-order chi connectivity index (χ1) is 10.1. The lowest BCUT2D eigenvalue weighted by Gasteiger charge is -2.08. The number of pyridine rings is 1. The number of benzene rings is 1. The standard InChI is InChI=1S/C15H17ClN2O2S/c16-15-9-2-1-6-13(15)12-21(19,20)18-11-5-8-14-7-3-4-10-17-14/h1-4,6-7,9-10,18H,5,8,11-12H2. The second-order valence-electron chi connectivity index (χ2n) is 4.67. The second-order valence-corrected chi connectivity index (χ2v) is 6.88. The van der Waals surface area contributed by atoms with Gasteiger partial charge in [-0.05, 0) is 36.6 Å². The number of hydrogen-bond acceptors (Lipinski definition) is 3. The van der Waals surface area contributed by atoms with Gasteiger partial charge in [0.1, 0.15) is 0 Å². The Hall–Kier alpha value is -1.43. The fourth-order valence-corrected chi connectivity index (χ4v) is 3.41. The van der Waals surface area contributed by atoms with Crippen molar-refractivity contribution in [2.45, 2.75) is 18.6 Å². The van der Waals surface area contributed by atoms with Crippen LogP contribution in [0.15, 0.2) is 48.7 Å². The second kappa shape index (κ2) is 7.54. The number of halogens is 1. The zero-order valence-electron chi connectivity index (χ0n) is 11.5. The molecular weight excluding hydrogens is 308 g/mol. The molecule has 2 aromatic rings. The number of sulfonamides is 1. The van der Waals surface area contributed by atoms with Crippen molar-refractivity contribution in [1.29, 1.82) is 0 Å². The Balaban J connectivity index is 1.81. The van der Waals surface area contributed by atoms with E-state index in [2.05, 4.69) is 9.71 Å². The molecule has 0 saturated heterocycles. The van der Waals surface area contributed by atoms with Gasteiger partial charge in [0.15, 0.2) is 0 Å². The molecule has 0 saturated carbocycles. The van der Waals surface area contributed by atoms with Crippen molar-refractivity contribution in [2.24, 2.45) is 0 Å². The molecule has 1 aromatic carbocycles. The summed E-state index contributed by atoms with van der Waals surface area (Å²) in [5, 5.41) is 0.469. The fraction of sp³-hybridized carbons (Fsp3) is 0.267. The number of nitrogens with zero attached hydrogens (tertiary/aromatic N) is 1. The molecular formula is C15H17ClN2O2S. The molecule has 0 aliphatic carbocycles. The summed E-state index contributed by atoms with van der Waals surface area (Å²) < 4.78 is 26.5. The third kappa shape index (κ3) is 5.46. The third-order valence-corrected chi connectivity index (χ3v) is 4.66. The van der Waals surface area contributed by atoms with Crippen molar-refractivity contribution >= 4 is 21.6 Å². The highest BCUT2D eigenvalue weighted by atomic mass is 35.5. The van der Waals surface area contributed by atoms with Gasteiger partial charge in [-0.15, -0.1) is 0 Å². The van der Waals surface area contributed by atoms with Crippen molar-refractivity contribution < 1.29 is 8.42 Å². The maximum Gasteiger partial charge on any atom is 0.215 e. The molecule has 21 heavy (non-hydrogen) atoms. The van der Waals surface area contributed by atoms with Crippen LogP contribution < -0.4 is 4.72 Å². The van der Waals surface area contributed by atoms with Gasteiger partial charge in [0, 0.05) is 23.5 Å². The van der Waals surface area contributed by atoms with E-state index < -0.39 is 10.0 Å². The van der Waals surface area contributed by atoms with Crippen molar-refractivity contribution in [3.05, 3.63) is 64.9 Å². The quantitative estimate of drug-likeness (QED) is 0.797. The van der Waals surface area contributed by atoms with E-state index in [9.17, 15) is 8.42 Å². The highest BCUT2D eigenvalue weighted by molar-refractivity contribution is 7.88. The molecule has 0 atom stereocenters. The summed E-state index contributed by atoms with van der Waals surface area (Å²) in [5.41, 5.74) is 1.57. The number of hydrogen-bond donors (Lipinski definition) is 1. The molecule has 112 valence electrons. The number of aryl methyl sites for hydroxylation is 1. The summed E-state index contributed by atoms with van der Waals surface area (Å²) in [6, 6.07) is 12.7. The van der Waals surface area contributed by atoms with Crippen LogP contribution >= 0.6 is 11.6 Å². The van der Waals surface area contributed by atoms with Crippen LogP contribution in [0, 0.1) is 0 Å². The Morgan fingerprint density at radius 1 is 1.10 bits per heavy atom. The first-order valence-corrected chi connectivity index (χ1v) is 8.70. The lowest BCUT2D eigenvalue weighted by molar-refractivity contribution is 0.578. The zero-order chi connectivity index (χ0) is 15.1. The first kappa shape index (κ1) is 15.9. The van der Waals surface area contributed by atoms with Gasteiger partial charge in [0.25, 0.3) is 0 Å². The zero-order valence-corrected chi connectivity index (χ0v) is 13.1. The van der Waals surface area contributed by atoms with Crippen LogP contribution in [0.2, 0.25) is 5.02 Å². The van der Waals surface area contributed by atoms with Gasteiger partial charge in [-0.25, -0.2) is 13.1 Å². The first-order valence-electron chi connectivity index (χ1n) is 6.67. The molecule has 0 aliphatic heterocycles. The van der Waals surface area contributed by atoms with Crippen LogP contribution in [0.1, 0.15) is 17.7 Å². The van der Waals surface area contributed by atoms with Crippen LogP contribution in [0.5, 0.6) is 0 Å². The Kier molecular flexibility index (Phi) is 5.73. The Labute approximate surface area is 130 Å². The molecule has 1 aromatic heterocycles. The van der Waals surface area contributed by atoms with E-state index in [1.54, 1.807) is 30.5 Å². The van der Waals surface area contributed by atoms with E-state index in [1.807, 2.05) is 18.2 Å². The number of rotatable bonds is 7. The molecule has 0 radical (unpaired) electrons. The average molecular weight is 325 g/mol. The summed E-state index contributed by atoms with van der Waals surface area (Å²) in [4.78, 5) is 4.20. The van der Waals surface area contributed by atoms with Crippen molar-refractivity contribution in [3.63, 3.8) is 0 Å². The summed E-state index contributed by atoms with van der Waals surface area (Å²) in [6.45, 7) is 0.392. The molecule has 6 heteroatoms. The van der Waals surface area contributed by atoms with E-state index in [1.165, 1.54) is 0 Å². The van der Waals surface area contributed by atoms with Gasteiger partial charge in [-0.3, -0.25) is 4.98 Å². The topological polar surface area (TPSA) is 59.1 Å². The van der Waals surface area contributed by atoms with Crippen molar-refractivity contribution in [3.8, 4) is 0 Å². The molecule has 1 heterocycles. The molecule has 0 amide bonds. The maximum absolute atomic E-state index is 12.0. The van der Waals surface area contributed by atoms with E-state index in [-0.39, 0.29) is 5.75 Å². The monoisotopic (exact) mass is 324 g/mol. The number of aromatic nitrogens is 1. The van der Waals surface area contributed by atoms with Gasteiger partial charge in [-0.2, -0.15) is 0 Å². The molecule has 0 aliphatic rings. The predicted octanol–water partition coefficient (Wildman–Crippen LogP) is 2.79. The SMILES string of the molecule is O=S(=O)(Cc1ccccc1Cl)NCCCc1ccccn1. The van der Waals surface area contributed by atoms with Gasteiger partial charge in [0.05, 0.1) is 5.75 Å². The van der Waals surface area contributed by atoms with Crippen LogP contribution in [0.25, 0.3) is 0 Å². The molecule has 0 unspecified atom stereocenters. The fourth-order valence-electron chi connectivity index (χ4n) is 1.91. The molecule has 4 nitrogen and oxygen atoms in total. The highest BCUT2D eigenvalue weighted by Gasteiger charge is 2.12. The normalized spacial score (nSPS) is 11.5. The number of nitrogens with one attached hydrogen (secondary N) is 1. The van der Waals surface area contributed by atoms with E-state index in [0.29, 0.717) is 23.6 Å². The van der Waals surface area contributed by atoms with E-state index in [0.717, 1.165) is 12.1 Å². The Morgan fingerprint density at radius 2 is 1.86 bits per heavy atom. The maximum atomic E-state index is 12.0. The van der Waals surface area contributed by atoms with Crippen LogP contribution in [-0.4, -0.2) is 19.9 Å². The average Bonchev–Trinajstić information content (AvgIpc) is 2.47. The highest BCUT2D eigenvalue weighted by Crippen LogP contribution is 2.17. The van der Waals surface area contributed by atoms with Crippen molar-refractivity contribution in [2.75, 3.05) is 6.54 Å². The smallest absolute Gasteiger partial charge is 0.215 e. The van der Waals surface area contributed by atoms with Crippen LogP contribution in [0.3, 0.4) is 0 Å². The minimum atomic E-state index is -3.37. The van der Waals surface area contributed by atoms with Crippen molar-refractivity contribution in [1.82, 2.24) is 9.71 Å². The van der Waals surface area contributed by atoms with Gasteiger partial charge < -0.3 is 0 Å². The molecule has 0 bridgehead atoms. The van der Waals surface area contributed by atoms with Crippen LogP contribution in [-0.2, 0) is 22.2 Å². The van der Waals surface area contributed by atoms with Crippen LogP contribution in [0.4, 0.5) is 0 Å². The summed E-state index contributed by atoms with van der Waals surface area (Å²) in [6.07, 6.45) is 3.19. The molecule has 2 rings (SSSR count). The lowest BCUT2D eigenvalue weighted by atomic mass is 10.2. The lowest BCUT2D eigenvalue weighted by Crippen LogP contribution is -2.26. The molecule has 1 N–H and O–H groups in total. The predicted molar refractivity (Wildman–Crippen MR) is 84.6 cm³/mol. The third-order valence-electron chi connectivity index (χ3n) is 2.96. The minimum absolute atomic E-state index is 0.101. The Bertz CT molecular complexity index is 675. The van der Waals surface area contributed by atoms with E-state index in [4.69, 9.17) is 11.6 Å². The summed E-state index contributed by atoms with van der Waals surface area (Å²) in [5.74, 6) is -0.101. The molecule has 0 fully saturated rings. The Morgan fingerprint density at radius 3 is 2.57 bits per heavy atom. The summed E-state index contributed by atoms with van der Waals surface area (Å²) >= 11 is 5.97. The summed E-state index contributed by atoms with van der Waals surface area (Å²) in [7, 11) is -3.37. The van der Waals surface area contributed by atoms with Gasteiger partial charge in [0.2, 0.25) is 10.0 Å². The molecule has 0 spiro atoms. The largest absolute Gasteiger partial charge is 0.261 e.